The molecule has 1 aromatic rings. The van der Waals surface area contributed by atoms with E-state index in [0.717, 1.165) is 22.6 Å². The summed E-state index contributed by atoms with van der Waals surface area (Å²) in [5, 5.41) is 11.6. The van der Waals surface area contributed by atoms with Crippen LogP contribution >= 0.6 is 15.9 Å². The lowest BCUT2D eigenvalue weighted by atomic mass is 10.1. The van der Waals surface area contributed by atoms with Gasteiger partial charge in [0.25, 0.3) is 0 Å². The van der Waals surface area contributed by atoms with Gasteiger partial charge in [-0.1, -0.05) is 0 Å². The van der Waals surface area contributed by atoms with E-state index < -0.39 is 0 Å². The van der Waals surface area contributed by atoms with Crippen LogP contribution in [-0.4, -0.2) is 14.7 Å². The Kier molecular flexibility index (Phi) is 2.04. The summed E-state index contributed by atoms with van der Waals surface area (Å²) >= 11 is 3.31. The minimum Gasteiger partial charge on any atom is -0.511 e. The minimum absolute atomic E-state index is 0.209. The highest BCUT2D eigenvalue weighted by atomic mass is 79.9. The summed E-state index contributed by atoms with van der Waals surface area (Å²) in [5.74, 6) is 0.312. The van der Waals surface area contributed by atoms with E-state index in [1.165, 1.54) is 0 Å². The second-order valence-corrected chi connectivity index (χ2v) is 4.82. The van der Waals surface area contributed by atoms with Crippen molar-refractivity contribution in [2.75, 3.05) is 0 Å². The molecule has 0 spiro atoms. The van der Waals surface area contributed by atoms with Crippen molar-refractivity contribution in [3.05, 3.63) is 37.5 Å². The standard InChI is InChI=1S/C11H9BrN2O2/c12-8-3-7-5-13-11(16)14-2-1-6(10(7)14)4-9(8)15/h3,5,15H,1-2,4H2. The Balaban J connectivity index is 2.50. The average Bonchev–Trinajstić information content (AvgIpc) is 2.62. The van der Waals surface area contributed by atoms with Gasteiger partial charge in [0.1, 0.15) is 5.76 Å². The zero-order valence-electron chi connectivity index (χ0n) is 8.40. The molecule has 0 atom stereocenters. The van der Waals surface area contributed by atoms with Gasteiger partial charge in [-0.25, -0.2) is 9.78 Å². The van der Waals surface area contributed by atoms with Crippen LogP contribution in [0.3, 0.4) is 0 Å². The first-order valence-corrected chi connectivity index (χ1v) is 5.83. The molecule has 4 nitrogen and oxygen atoms in total. The van der Waals surface area contributed by atoms with Crippen LogP contribution in [0.1, 0.15) is 12.8 Å². The van der Waals surface area contributed by atoms with Crippen molar-refractivity contribution >= 4 is 27.6 Å². The van der Waals surface area contributed by atoms with Gasteiger partial charge in [0.2, 0.25) is 0 Å². The number of hydrogen-bond donors (Lipinski definition) is 1. The third-order valence-electron chi connectivity index (χ3n) is 3.00. The molecule has 5 heteroatoms. The first-order chi connectivity index (χ1) is 7.66. The zero-order valence-corrected chi connectivity index (χ0v) is 9.99. The molecule has 0 saturated heterocycles. The molecule has 16 heavy (non-hydrogen) atoms. The third kappa shape index (κ3) is 1.28. The molecular weight excluding hydrogens is 272 g/mol. The second kappa shape index (κ2) is 3.31. The maximum atomic E-state index is 11.6. The Labute approximate surface area is 99.4 Å². The molecule has 0 bridgehead atoms. The summed E-state index contributed by atoms with van der Waals surface area (Å²) in [6, 6.07) is 0. The summed E-state index contributed by atoms with van der Waals surface area (Å²) in [6.45, 7) is 0.670. The normalized spacial score (nSPS) is 18.2. The largest absolute Gasteiger partial charge is 0.511 e. The van der Waals surface area contributed by atoms with Gasteiger partial charge in [0, 0.05) is 24.4 Å². The van der Waals surface area contributed by atoms with E-state index in [1.54, 1.807) is 10.8 Å². The molecule has 2 heterocycles. The molecule has 1 N–H and O–H groups in total. The topological polar surface area (TPSA) is 55.1 Å². The van der Waals surface area contributed by atoms with E-state index in [-0.39, 0.29) is 5.69 Å². The van der Waals surface area contributed by atoms with E-state index in [9.17, 15) is 9.90 Å². The summed E-state index contributed by atoms with van der Waals surface area (Å²) in [7, 11) is 0. The van der Waals surface area contributed by atoms with Crippen molar-refractivity contribution < 1.29 is 5.11 Å². The lowest BCUT2D eigenvalue weighted by Gasteiger charge is -2.00. The van der Waals surface area contributed by atoms with Crippen LogP contribution in [0.25, 0.3) is 11.6 Å². The molecule has 0 amide bonds. The lowest BCUT2D eigenvalue weighted by Crippen LogP contribution is -2.42. The predicted molar refractivity (Wildman–Crippen MR) is 63.4 cm³/mol. The Bertz CT molecular complexity index is 685. The van der Waals surface area contributed by atoms with E-state index in [0.29, 0.717) is 23.2 Å². The van der Waals surface area contributed by atoms with E-state index >= 15 is 0 Å². The molecule has 0 saturated carbocycles. The summed E-state index contributed by atoms with van der Waals surface area (Å²) < 4.78 is 2.35. The van der Waals surface area contributed by atoms with E-state index in [1.807, 2.05) is 6.08 Å². The minimum atomic E-state index is -0.209. The van der Waals surface area contributed by atoms with Gasteiger partial charge < -0.3 is 5.11 Å². The quantitative estimate of drug-likeness (QED) is 0.736. The molecule has 0 radical (unpaired) electrons. The fraction of sp³-hybridized carbons (Fsp3) is 0.273. The van der Waals surface area contributed by atoms with Crippen molar-refractivity contribution in [3.8, 4) is 0 Å². The van der Waals surface area contributed by atoms with Crippen molar-refractivity contribution in [1.82, 2.24) is 9.55 Å². The highest BCUT2D eigenvalue weighted by Gasteiger charge is 2.18. The van der Waals surface area contributed by atoms with Crippen LogP contribution in [0.4, 0.5) is 0 Å². The summed E-state index contributed by atoms with van der Waals surface area (Å²) in [6.07, 6.45) is 4.70. The van der Waals surface area contributed by atoms with Crippen molar-refractivity contribution in [1.29, 1.82) is 0 Å². The second-order valence-electron chi connectivity index (χ2n) is 3.97. The number of nitrogens with zero attached hydrogens (tertiary/aromatic N) is 2. The number of aliphatic hydroxyl groups is 1. The van der Waals surface area contributed by atoms with Crippen LogP contribution in [0.2, 0.25) is 0 Å². The fourth-order valence-corrected chi connectivity index (χ4v) is 2.65. The van der Waals surface area contributed by atoms with Gasteiger partial charge in [-0.05, 0) is 34.0 Å². The SMILES string of the molecule is O=c1ncc2c3n1CCC=3CC(O)=C(Br)C=2. The molecule has 1 aliphatic heterocycles. The van der Waals surface area contributed by atoms with Crippen molar-refractivity contribution in [2.45, 2.75) is 19.4 Å². The van der Waals surface area contributed by atoms with Gasteiger partial charge in [0.05, 0.1) is 9.83 Å². The van der Waals surface area contributed by atoms with E-state index in [4.69, 9.17) is 0 Å². The third-order valence-corrected chi connectivity index (χ3v) is 3.69. The highest BCUT2D eigenvalue weighted by Crippen LogP contribution is 2.23. The predicted octanol–water partition coefficient (Wildman–Crippen LogP) is 0.146. The smallest absolute Gasteiger partial charge is 0.348 e. The maximum absolute atomic E-state index is 11.6. The highest BCUT2D eigenvalue weighted by molar-refractivity contribution is 9.12. The molecule has 3 rings (SSSR count). The number of halogens is 1. The Morgan fingerprint density at radius 3 is 3.12 bits per heavy atom. The molecule has 0 aromatic carbocycles. The van der Waals surface area contributed by atoms with Crippen LogP contribution in [0, 0.1) is 0 Å². The molecule has 0 fully saturated rings. The fourth-order valence-electron chi connectivity index (χ4n) is 2.26. The van der Waals surface area contributed by atoms with Gasteiger partial charge in [-0.3, -0.25) is 4.57 Å². The zero-order chi connectivity index (χ0) is 11.3. The van der Waals surface area contributed by atoms with Gasteiger partial charge >= 0.3 is 5.69 Å². The van der Waals surface area contributed by atoms with Crippen molar-refractivity contribution in [3.63, 3.8) is 0 Å². The van der Waals surface area contributed by atoms with Crippen LogP contribution < -0.4 is 16.3 Å². The molecule has 1 aromatic heterocycles. The first kappa shape index (κ1) is 9.84. The number of aromatic nitrogens is 2. The molecule has 0 unspecified atom stereocenters. The number of hydrogen-bond acceptors (Lipinski definition) is 3. The first-order valence-electron chi connectivity index (χ1n) is 5.04. The number of aliphatic hydroxyl groups excluding tert-OH is 1. The molecule has 1 aliphatic carbocycles. The summed E-state index contributed by atoms with van der Waals surface area (Å²) in [4.78, 5) is 15.4. The Morgan fingerprint density at radius 2 is 2.31 bits per heavy atom. The summed E-state index contributed by atoms with van der Waals surface area (Å²) in [5.41, 5.74) is 0.900. The van der Waals surface area contributed by atoms with Gasteiger partial charge in [-0.15, -0.1) is 0 Å². The maximum Gasteiger partial charge on any atom is 0.348 e. The molecule has 82 valence electrons. The van der Waals surface area contributed by atoms with Crippen LogP contribution in [-0.2, 0) is 6.54 Å². The molecular formula is C11H9BrN2O2. The van der Waals surface area contributed by atoms with Crippen LogP contribution in [0.5, 0.6) is 0 Å². The van der Waals surface area contributed by atoms with Crippen LogP contribution in [0.15, 0.2) is 21.2 Å². The Morgan fingerprint density at radius 1 is 1.50 bits per heavy atom. The molecule has 2 aliphatic rings. The average molecular weight is 281 g/mol. The van der Waals surface area contributed by atoms with Gasteiger partial charge in [0.15, 0.2) is 0 Å². The lowest BCUT2D eigenvalue weighted by molar-refractivity contribution is 0.402. The van der Waals surface area contributed by atoms with Gasteiger partial charge in [-0.2, -0.15) is 0 Å². The number of allylic oxidation sites excluding steroid dienone is 2. The monoisotopic (exact) mass is 280 g/mol. The van der Waals surface area contributed by atoms with E-state index in [2.05, 4.69) is 20.9 Å². The van der Waals surface area contributed by atoms with Crippen molar-refractivity contribution in [2.24, 2.45) is 0 Å². The Hall–Kier alpha value is -1.36. The number of rotatable bonds is 0.